The quantitative estimate of drug-likeness (QED) is 0.677. The summed E-state index contributed by atoms with van der Waals surface area (Å²) < 4.78 is 0. The fourth-order valence-electron chi connectivity index (χ4n) is 3.59. The summed E-state index contributed by atoms with van der Waals surface area (Å²) in [5, 5.41) is 3.05. The van der Waals surface area contributed by atoms with E-state index >= 15 is 0 Å². The molecule has 0 aliphatic heterocycles. The Morgan fingerprint density at radius 1 is 0.931 bits per heavy atom. The van der Waals surface area contributed by atoms with Crippen LogP contribution in [-0.4, -0.2) is 28.8 Å². The first-order valence-corrected chi connectivity index (χ1v) is 10.5. The first-order chi connectivity index (χ1) is 13.8. The molecule has 0 heterocycles. The van der Waals surface area contributed by atoms with Crippen molar-refractivity contribution in [3.05, 3.63) is 70.8 Å². The molecule has 0 aromatic heterocycles. The van der Waals surface area contributed by atoms with Crippen LogP contribution in [0.1, 0.15) is 55.9 Å². The molecular formula is C25H34N2O2. The molecule has 156 valence electrons. The van der Waals surface area contributed by atoms with Crippen molar-refractivity contribution in [1.29, 1.82) is 0 Å². The van der Waals surface area contributed by atoms with Crippen molar-refractivity contribution in [2.45, 2.75) is 72.5 Å². The molecule has 0 radical (unpaired) electrons. The fourth-order valence-corrected chi connectivity index (χ4v) is 3.59. The van der Waals surface area contributed by atoms with E-state index in [2.05, 4.69) is 11.4 Å². The number of nitrogens with one attached hydrogen (secondary N) is 1. The highest BCUT2D eigenvalue weighted by atomic mass is 16.2. The van der Waals surface area contributed by atoms with E-state index in [4.69, 9.17) is 0 Å². The Labute approximate surface area is 175 Å². The average Bonchev–Trinajstić information content (AvgIpc) is 2.67. The molecule has 0 spiro atoms. The molecule has 29 heavy (non-hydrogen) atoms. The van der Waals surface area contributed by atoms with Gasteiger partial charge in [-0.25, -0.2) is 0 Å². The summed E-state index contributed by atoms with van der Waals surface area (Å²) in [5.74, 6) is -0.100. The Hall–Kier alpha value is -2.62. The second-order valence-electron chi connectivity index (χ2n) is 7.92. The monoisotopic (exact) mass is 394 g/mol. The van der Waals surface area contributed by atoms with E-state index in [1.165, 1.54) is 0 Å². The van der Waals surface area contributed by atoms with Gasteiger partial charge in [0.15, 0.2) is 0 Å². The lowest BCUT2D eigenvalue weighted by atomic mass is 10.0. The maximum absolute atomic E-state index is 13.3. The number of aryl methyl sites for hydroxylation is 2. The van der Waals surface area contributed by atoms with Gasteiger partial charge in [-0.2, -0.15) is 0 Å². The molecule has 2 aromatic carbocycles. The lowest BCUT2D eigenvalue weighted by Gasteiger charge is -2.31. The van der Waals surface area contributed by atoms with E-state index in [0.717, 1.165) is 28.7 Å². The predicted octanol–water partition coefficient (Wildman–Crippen LogP) is 4.57. The highest BCUT2D eigenvalue weighted by molar-refractivity contribution is 5.88. The van der Waals surface area contributed by atoms with Crippen molar-refractivity contribution in [2.24, 2.45) is 0 Å². The number of rotatable bonds is 9. The molecule has 0 bridgehead atoms. The van der Waals surface area contributed by atoms with Crippen molar-refractivity contribution in [3.63, 3.8) is 0 Å². The second kappa shape index (κ2) is 10.8. The second-order valence-corrected chi connectivity index (χ2v) is 7.92. The van der Waals surface area contributed by atoms with Crippen molar-refractivity contribution in [1.82, 2.24) is 10.2 Å². The van der Waals surface area contributed by atoms with E-state index in [0.29, 0.717) is 19.4 Å². The zero-order valence-electron chi connectivity index (χ0n) is 18.4. The number of hydrogen-bond acceptors (Lipinski definition) is 2. The van der Waals surface area contributed by atoms with E-state index in [-0.39, 0.29) is 17.9 Å². The van der Waals surface area contributed by atoms with E-state index in [1.54, 1.807) is 4.90 Å². The van der Waals surface area contributed by atoms with Gasteiger partial charge >= 0.3 is 0 Å². The number of nitrogens with zero attached hydrogens (tertiary/aromatic N) is 1. The van der Waals surface area contributed by atoms with E-state index in [1.807, 2.05) is 77.1 Å². The average molecular weight is 395 g/mol. The van der Waals surface area contributed by atoms with Crippen LogP contribution in [0.4, 0.5) is 0 Å². The molecule has 0 fully saturated rings. The molecule has 0 saturated carbocycles. The number of hydrogen-bond donors (Lipinski definition) is 1. The van der Waals surface area contributed by atoms with Crippen LogP contribution >= 0.6 is 0 Å². The molecule has 0 aliphatic rings. The van der Waals surface area contributed by atoms with Crippen LogP contribution in [0.5, 0.6) is 0 Å². The third-order valence-electron chi connectivity index (χ3n) is 5.22. The Morgan fingerprint density at radius 3 is 2.10 bits per heavy atom. The smallest absolute Gasteiger partial charge is 0.243 e. The van der Waals surface area contributed by atoms with Gasteiger partial charge in [0.05, 0.1) is 6.42 Å². The van der Waals surface area contributed by atoms with Crippen molar-refractivity contribution in [2.75, 3.05) is 0 Å². The van der Waals surface area contributed by atoms with Gasteiger partial charge in [0.2, 0.25) is 11.8 Å². The standard InChI is InChI=1S/C25H34N2O2/c1-6-20(5)26-25(29)23(7-2)27(17-21-11-9-8-10-12-21)24(28)16-22-14-18(3)13-19(4)15-22/h8-15,20,23H,6-7,16-17H2,1-5H3,(H,26,29)/t20-,23+/m1/s1. The molecule has 4 heteroatoms. The molecule has 2 atom stereocenters. The maximum atomic E-state index is 13.3. The van der Waals surface area contributed by atoms with Gasteiger partial charge in [0.25, 0.3) is 0 Å². The minimum absolute atomic E-state index is 0.0231. The molecule has 1 N–H and O–H groups in total. The first-order valence-electron chi connectivity index (χ1n) is 10.5. The largest absolute Gasteiger partial charge is 0.352 e. The molecule has 2 rings (SSSR count). The summed E-state index contributed by atoms with van der Waals surface area (Å²) in [6.07, 6.45) is 1.73. The van der Waals surface area contributed by atoms with Crippen LogP contribution in [0.15, 0.2) is 48.5 Å². The number of amides is 2. The van der Waals surface area contributed by atoms with Gasteiger partial charge in [-0.05, 0) is 44.7 Å². The maximum Gasteiger partial charge on any atom is 0.243 e. The third-order valence-corrected chi connectivity index (χ3v) is 5.22. The fraction of sp³-hybridized carbons (Fsp3) is 0.440. The summed E-state index contributed by atoms with van der Waals surface area (Å²) in [5.41, 5.74) is 4.30. The zero-order valence-corrected chi connectivity index (χ0v) is 18.4. The highest BCUT2D eigenvalue weighted by Crippen LogP contribution is 2.16. The van der Waals surface area contributed by atoms with Crippen LogP contribution in [0.2, 0.25) is 0 Å². The Bertz CT molecular complexity index is 797. The summed E-state index contributed by atoms with van der Waals surface area (Å²) in [6, 6.07) is 15.7. The van der Waals surface area contributed by atoms with Crippen LogP contribution in [0.25, 0.3) is 0 Å². The summed E-state index contributed by atoms with van der Waals surface area (Å²) >= 11 is 0. The van der Waals surface area contributed by atoms with Crippen molar-refractivity contribution in [3.8, 4) is 0 Å². The minimum Gasteiger partial charge on any atom is -0.352 e. The first kappa shape index (κ1) is 22.7. The Morgan fingerprint density at radius 2 is 1.55 bits per heavy atom. The molecule has 4 nitrogen and oxygen atoms in total. The Kier molecular flexibility index (Phi) is 8.44. The van der Waals surface area contributed by atoms with Gasteiger partial charge in [-0.15, -0.1) is 0 Å². The molecule has 0 aliphatic carbocycles. The summed E-state index contributed by atoms with van der Waals surface area (Å²) in [4.78, 5) is 28.0. The topological polar surface area (TPSA) is 49.4 Å². The van der Waals surface area contributed by atoms with Crippen LogP contribution in [0, 0.1) is 13.8 Å². The lowest BCUT2D eigenvalue weighted by Crippen LogP contribution is -2.51. The number of carbonyl (C=O) groups is 2. The molecule has 0 saturated heterocycles. The SMILES string of the molecule is CC[C@@H](C)NC(=O)[C@H](CC)N(Cc1ccccc1)C(=O)Cc1cc(C)cc(C)c1. The zero-order chi connectivity index (χ0) is 21.4. The van der Waals surface area contributed by atoms with Crippen LogP contribution in [0.3, 0.4) is 0 Å². The van der Waals surface area contributed by atoms with Gasteiger partial charge in [0, 0.05) is 12.6 Å². The minimum atomic E-state index is -0.484. The summed E-state index contributed by atoms with van der Waals surface area (Å²) in [6.45, 7) is 10.5. The lowest BCUT2D eigenvalue weighted by molar-refractivity contribution is -0.141. The molecule has 2 amide bonds. The van der Waals surface area contributed by atoms with Crippen LogP contribution in [-0.2, 0) is 22.6 Å². The number of carbonyl (C=O) groups excluding carboxylic acids is 2. The Balaban J connectivity index is 2.29. The highest BCUT2D eigenvalue weighted by Gasteiger charge is 2.29. The predicted molar refractivity (Wildman–Crippen MR) is 119 cm³/mol. The van der Waals surface area contributed by atoms with Crippen LogP contribution < -0.4 is 5.32 Å². The normalized spacial score (nSPS) is 12.9. The van der Waals surface area contributed by atoms with E-state index < -0.39 is 6.04 Å². The van der Waals surface area contributed by atoms with Crippen molar-refractivity contribution < 1.29 is 9.59 Å². The van der Waals surface area contributed by atoms with Gasteiger partial charge in [0.1, 0.15) is 6.04 Å². The molecular weight excluding hydrogens is 360 g/mol. The van der Waals surface area contributed by atoms with Gasteiger partial charge in [-0.1, -0.05) is 73.5 Å². The number of benzene rings is 2. The van der Waals surface area contributed by atoms with Gasteiger partial charge in [-0.3, -0.25) is 9.59 Å². The summed E-state index contributed by atoms with van der Waals surface area (Å²) in [7, 11) is 0. The van der Waals surface area contributed by atoms with Crippen molar-refractivity contribution >= 4 is 11.8 Å². The van der Waals surface area contributed by atoms with Gasteiger partial charge < -0.3 is 10.2 Å². The molecule has 0 unspecified atom stereocenters. The van der Waals surface area contributed by atoms with E-state index in [9.17, 15) is 9.59 Å². The molecule has 2 aromatic rings. The third kappa shape index (κ3) is 6.74.